The average Bonchev–Trinajstić information content (AvgIpc) is 3.18. The van der Waals surface area contributed by atoms with Gasteiger partial charge < -0.3 is 5.73 Å². The average molecular weight is 264 g/mol. The maximum Gasteiger partial charge on any atom is 0.128 e. The van der Waals surface area contributed by atoms with Crippen LogP contribution in [0.4, 0.5) is 4.39 Å². The van der Waals surface area contributed by atoms with E-state index in [4.69, 9.17) is 5.73 Å². The van der Waals surface area contributed by atoms with E-state index >= 15 is 0 Å². The van der Waals surface area contributed by atoms with Crippen LogP contribution >= 0.6 is 0 Å². The summed E-state index contributed by atoms with van der Waals surface area (Å²) >= 11 is 0. The molecule has 0 radical (unpaired) electrons. The van der Waals surface area contributed by atoms with Gasteiger partial charge in [-0.3, -0.25) is 4.90 Å². The van der Waals surface area contributed by atoms with Gasteiger partial charge in [0.1, 0.15) is 5.82 Å². The van der Waals surface area contributed by atoms with Crippen LogP contribution in [0.3, 0.4) is 0 Å². The SMILES string of the molecule is CCCN(CC1CC1)C(CN)c1cc(C)ccc1F. The molecule has 1 unspecified atom stereocenters. The molecule has 1 saturated carbocycles. The summed E-state index contributed by atoms with van der Waals surface area (Å²) in [4.78, 5) is 2.37. The number of hydrogen-bond donors (Lipinski definition) is 1. The molecule has 1 fully saturated rings. The molecule has 0 amide bonds. The Morgan fingerprint density at radius 1 is 1.42 bits per heavy atom. The molecule has 19 heavy (non-hydrogen) atoms. The summed E-state index contributed by atoms with van der Waals surface area (Å²) in [5.74, 6) is 0.673. The predicted octanol–water partition coefficient (Wildman–Crippen LogP) is 3.26. The van der Waals surface area contributed by atoms with Crippen LogP contribution in [0.25, 0.3) is 0 Å². The van der Waals surface area contributed by atoms with Crippen molar-refractivity contribution in [3.05, 3.63) is 35.1 Å². The lowest BCUT2D eigenvalue weighted by Gasteiger charge is -2.31. The Morgan fingerprint density at radius 3 is 2.74 bits per heavy atom. The Labute approximate surface area is 115 Å². The van der Waals surface area contributed by atoms with Crippen LogP contribution in [-0.2, 0) is 0 Å². The van der Waals surface area contributed by atoms with Crippen LogP contribution in [0, 0.1) is 18.7 Å². The lowest BCUT2D eigenvalue weighted by atomic mass is 10.0. The molecule has 1 aromatic carbocycles. The Morgan fingerprint density at radius 2 is 2.16 bits per heavy atom. The fourth-order valence-corrected chi connectivity index (χ4v) is 2.68. The van der Waals surface area contributed by atoms with Crippen molar-refractivity contribution in [3.63, 3.8) is 0 Å². The summed E-state index contributed by atoms with van der Waals surface area (Å²) in [5, 5.41) is 0. The van der Waals surface area contributed by atoms with Crippen LogP contribution in [0.15, 0.2) is 18.2 Å². The van der Waals surface area contributed by atoms with Crippen LogP contribution < -0.4 is 5.73 Å². The molecular weight excluding hydrogens is 239 g/mol. The molecule has 2 N–H and O–H groups in total. The second-order valence-corrected chi connectivity index (χ2v) is 5.71. The third-order valence-corrected chi connectivity index (χ3v) is 3.87. The van der Waals surface area contributed by atoms with Crippen molar-refractivity contribution < 1.29 is 4.39 Å². The zero-order chi connectivity index (χ0) is 13.8. The number of nitrogens with two attached hydrogens (primary N) is 1. The smallest absolute Gasteiger partial charge is 0.128 e. The van der Waals surface area contributed by atoms with Crippen molar-refractivity contribution in [3.8, 4) is 0 Å². The van der Waals surface area contributed by atoms with Crippen molar-refractivity contribution in [1.82, 2.24) is 4.90 Å². The van der Waals surface area contributed by atoms with Crippen molar-refractivity contribution in [2.45, 2.75) is 39.2 Å². The minimum absolute atomic E-state index is 0.0143. The van der Waals surface area contributed by atoms with Gasteiger partial charge in [-0.05, 0) is 44.7 Å². The van der Waals surface area contributed by atoms with E-state index in [1.807, 2.05) is 19.1 Å². The third kappa shape index (κ3) is 3.77. The molecule has 0 aliphatic heterocycles. The Kier molecular flexibility index (Phi) is 4.94. The first-order valence-electron chi connectivity index (χ1n) is 7.35. The Hall–Kier alpha value is -0.930. The molecule has 0 spiro atoms. The first kappa shape index (κ1) is 14.5. The number of aryl methyl sites for hydroxylation is 1. The summed E-state index contributed by atoms with van der Waals surface area (Å²) < 4.78 is 14.1. The van der Waals surface area contributed by atoms with Crippen molar-refractivity contribution >= 4 is 0 Å². The number of halogens is 1. The lowest BCUT2D eigenvalue weighted by molar-refractivity contribution is 0.189. The summed E-state index contributed by atoms with van der Waals surface area (Å²) in [6.45, 7) is 6.70. The highest BCUT2D eigenvalue weighted by Crippen LogP contribution is 2.33. The lowest BCUT2D eigenvalue weighted by Crippen LogP contribution is -2.36. The fourth-order valence-electron chi connectivity index (χ4n) is 2.68. The van der Waals surface area contributed by atoms with Crippen LogP contribution in [-0.4, -0.2) is 24.5 Å². The first-order chi connectivity index (χ1) is 9.15. The van der Waals surface area contributed by atoms with Crippen molar-refractivity contribution in [2.24, 2.45) is 11.7 Å². The van der Waals surface area contributed by atoms with Gasteiger partial charge in [0.15, 0.2) is 0 Å². The number of benzene rings is 1. The highest BCUT2D eigenvalue weighted by molar-refractivity contribution is 5.27. The highest BCUT2D eigenvalue weighted by Gasteiger charge is 2.29. The van der Waals surface area contributed by atoms with Gasteiger partial charge in [0.2, 0.25) is 0 Å². The van der Waals surface area contributed by atoms with Gasteiger partial charge in [0.25, 0.3) is 0 Å². The molecule has 0 heterocycles. The molecule has 1 aliphatic carbocycles. The summed E-state index contributed by atoms with van der Waals surface area (Å²) in [5.41, 5.74) is 7.80. The zero-order valence-corrected chi connectivity index (χ0v) is 12.0. The van der Waals surface area contributed by atoms with Crippen molar-refractivity contribution in [2.75, 3.05) is 19.6 Å². The van der Waals surface area contributed by atoms with Crippen molar-refractivity contribution in [1.29, 1.82) is 0 Å². The van der Waals surface area contributed by atoms with Gasteiger partial charge in [0.05, 0.1) is 0 Å². The number of hydrogen-bond acceptors (Lipinski definition) is 2. The molecule has 106 valence electrons. The Balaban J connectivity index is 2.21. The van der Waals surface area contributed by atoms with Gasteiger partial charge in [-0.15, -0.1) is 0 Å². The molecular formula is C16H25FN2. The van der Waals surface area contributed by atoms with Gasteiger partial charge in [-0.2, -0.15) is 0 Å². The molecule has 2 rings (SSSR count). The zero-order valence-electron chi connectivity index (χ0n) is 12.0. The Bertz CT molecular complexity index is 415. The topological polar surface area (TPSA) is 29.3 Å². The van der Waals surface area contributed by atoms with Gasteiger partial charge >= 0.3 is 0 Å². The van der Waals surface area contributed by atoms with E-state index in [0.717, 1.165) is 36.6 Å². The molecule has 1 atom stereocenters. The van der Waals surface area contributed by atoms with E-state index in [-0.39, 0.29) is 11.9 Å². The van der Waals surface area contributed by atoms with Gasteiger partial charge in [-0.25, -0.2) is 4.39 Å². The van der Waals surface area contributed by atoms with E-state index in [0.29, 0.717) is 6.54 Å². The molecule has 3 heteroatoms. The molecule has 2 nitrogen and oxygen atoms in total. The second kappa shape index (κ2) is 6.49. The largest absolute Gasteiger partial charge is 0.329 e. The first-order valence-corrected chi connectivity index (χ1v) is 7.35. The number of nitrogens with zero attached hydrogens (tertiary/aromatic N) is 1. The summed E-state index contributed by atoms with van der Waals surface area (Å²) in [6.07, 6.45) is 3.71. The summed E-state index contributed by atoms with van der Waals surface area (Å²) in [7, 11) is 0. The minimum Gasteiger partial charge on any atom is -0.329 e. The quantitative estimate of drug-likeness (QED) is 0.819. The standard InChI is InChI=1S/C16H25FN2/c1-3-8-19(11-13-5-6-13)16(10-18)14-9-12(2)4-7-15(14)17/h4,7,9,13,16H,3,5-6,8,10-11,18H2,1-2H3. The van der Waals surface area contributed by atoms with Crippen LogP contribution in [0.5, 0.6) is 0 Å². The molecule has 0 aromatic heterocycles. The van der Waals surface area contributed by atoms with Gasteiger partial charge in [0, 0.05) is 24.7 Å². The normalized spacial score (nSPS) is 16.9. The van der Waals surface area contributed by atoms with Gasteiger partial charge in [-0.1, -0.05) is 24.6 Å². The monoisotopic (exact) mass is 264 g/mol. The van der Waals surface area contributed by atoms with E-state index in [2.05, 4.69) is 11.8 Å². The van der Waals surface area contributed by atoms with E-state index in [1.165, 1.54) is 12.8 Å². The van der Waals surface area contributed by atoms with E-state index in [1.54, 1.807) is 6.07 Å². The highest BCUT2D eigenvalue weighted by atomic mass is 19.1. The predicted molar refractivity (Wildman–Crippen MR) is 77.5 cm³/mol. The fraction of sp³-hybridized carbons (Fsp3) is 0.625. The maximum atomic E-state index is 14.1. The van der Waals surface area contributed by atoms with Crippen LogP contribution in [0.2, 0.25) is 0 Å². The summed E-state index contributed by atoms with van der Waals surface area (Å²) in [6, 6.07) is 5.34. The van der Waals surface area contributed by atoms with E-state index in [9.17, 15) is 4.39 Å². The number of rotatable bonds is 7. The molecule has 0 saturated heterocycles. The second-order valence-electron chi connectivity index (χ2n) is 5.71. The van der Waals surface area contributed by atoms with E-state index < -0.39 is 0 Å². The maximum absolute atomic E-state index is 14.1. The minimum atomic E-state index is -0.127. The van der Waals surface area contributed by atoms with Crippen LogP contribution in [0.1, 0.15) is 43.4 Å². The third-order valence-electron chi connectivity index (χ3n) is 3.87. The molecule has 0 bridgehead atoms. The molecule has 1 aromatic rings. The molecule has 1 aliphatic rings.